The van der Waals surface area contributed by atoms with Crippen LogP contribution in [0, 0.1) is 0 Å². The third-order valence-corrected chi connectivity index (χ3v) is 2.95. The molecule has 8 nitrogen and oxygen atoms in total. The summed E-state index contributed by atoms with van der Waals surface area (Å²) in [6, 6.07) is 0. The summed E-state index contributed by atoms with van der Waals surface area (Å²) in [5.41, 5.74) is 0. The summed E-state index contributed by atoms with van der Waals surface area (Å²) in [4.78, 5) is 15.9. The van der Waals surface area contributed by atoms with E-state index in [1.165, 1.54) is 0 Å². The first kappa shape index (κ1) is 22.6. The van der Waals surface area contributed by atoms with E-state index in [2.05, 4.69) is 32.7 Å². The number of guanidine groups is 1. The van der Waals surface area contributed by atoms with E-state index in [0.717, 1.165) is 25.3 Å². The van der Waals surface area contributed by atoms with Gasteiger partial charge in [-0.15, -0.1) is 34.2 Å². The summed E-state index contributed by atoms with van der Waals surface area (Å²) >= 11 is 0. The largest absolute Gasteiger partial charge is 0.463 e. The summed E-state index contributed by atoms with van der Waals surface area (Å²) in [6.45, 7) is 10.3. The number of hydrogen-bond acceptors (Lipinski definition) is 5. The van der Waals surface area contributed by atoms with Gasteiger partial charge in [-0.1, -0.05) is 6.92 Å². The lowest BCUT2D eigenvalue weighted by Crippen LogP contribution is -2.39. The van der Waals surface area contributed by atoms with Gasteiger partial charge in [0.25, 0.3) is 0 Å². The van der Waals surface area contributed by atoms with Crippen LogP contribution in [-0.4, -0.2) is 52.4 Å². The third-order valence-electron chi connectivity index (χ3n) is 2.95. The summed E-state index contributed by atoms with van der Waals surface area (Å²) in [5.74, 6) is 1.43. The van der Waals surface area contributed by atoms with Crippen LogP contribution in [-0.2, 0) is 22.5 Å². The SMILES string of the molecule is CCNC(=NCCC(=O)OC(C)C)NCCn1cnnc1CC.I. The number of nitrogens with zero attached hydrogens (tertiary/aromatic N) is 4. The van der Waals surface area contributed by atoms with Crippen molar-refractivity contribution in [2.24, 2.45) is 4.99 Å². The van der Waals surface area contributed by atoms with E-state index in [-0.39, 0.29) is 42.5 Å². The summed E-state index contributed by atoms with van der Waals surface area (Å²) < 4.78 is 7.09. The van der Waals surface area contributed by atoms with Crippen LogP contribution in [0.2, 0.25) is 0 Å². The number of ether oxygens (including phenoxy) is 1. The number of carbonyl (C=O) groups is 1. The second-order valence-corrected chi connectivity index (χ2v) is 5.27. The zero-order valence-electron chi connectivity index (χ0n) is 14.9. The van der Waals surface area contributed by atoms with E-state index < -0.39 is 0 Å². The van der Waals surface area contributed by atoms with Crippen molar-refractivity contribution in [2.75, 3.05) is 19.6 Å². The second kappa shape index (κ2) is 13.0. The number of carbonyl (C=O) groups excluding carboxylic acids is 1. The molecule has 138 valence electrons. The molecule has 0 saturated heterocycles. The van der Waals surface area contributed by atoms with Gasteiger partial charge in [-0.05, 0) is 20.8 Å². The Bertz CT molecular complexity index is 504. The Kier molecular flexibility index (Phi) is 12.2. The normalized spacial score (nSPS) is 11.1. The number of aryl methyl sites for hydroxylation is 1. The lowest BCUT2D eigenvalue weighted by molar-refractivity contribution is -0.147. The van der Waals surface area contributed by atoms with E-state index in [4.69, 9.17) is 4.74 Å². The lowest BCUT2D eigenvalue weighted by Gasteiger charge is -2.12. The Balaban J connectivity index is 0.00000529. The summed E-state index contributed by atoms with van der Waals surface area (Å²) in [7, 11) is 0. The van der Waals surface area contributed by atoms with Crippen LogP contribution in [0.25, 0.3) is 0 Å². The van der Waals surface area contributed by atoms with Gasteiger partial charge in [0.1, 0.15) is 12.2 Å². The predicted octanol–water partition coefficient (Wildman–Crippen LogP) is 1.36. The van der Waals surface area contributed by atoms with Gasteiger partial charge in [-0.2, -0.15) is 0 Å². The van der Waals surface area contributed by atoms with Gasteiger partial charge in [-0.3, -0.25) is 9.79 Å². The van der Waals surface area contributed by atoms with E-state index in [1.54, 1.807) is 6.33 Å². The van der Waals surface area contributed by atoms with Crippen LogP contribution in [0.1, 0.15) is 39.9 Å². The van der Waals surface area contributed by atoms with E-state index in [0.29, 0.717) is 19.0 Å². The number of rotatable bonds is 9. The molecule has 0 radical (unpaired) electrons. The summed E-state index contributed by atoms with van der Waals surface area (Å²) in [5, 5.41) is 14.3. The maximum atomic E-state index is 11.5. The highest BCUT2D eigenvalue weighted by molar-refractivity contribution is 14.0. The predicted molar refractivity (Wildman–Crippen MR) is 105 cm³/mol. The average Bonchev–Trinajstić information content (AvgIpc) is 2.94. The number of nitrogens with one attached hydrogen (secondary N) is 2. The molecule has 1 aromatic heterocycles. The van der Waals surface area contributed by atoms with Crippen LogP contribution < -0.4 is 10.6 Å². The Morgan fingerprint density at radius 1 is 1.38 bits per heavy atom. The highest BCUT2D eigenvalue weighted by Gasteiger charge is 2.05. The Labute approximate surface area is 160 Å². The molecule has 0 aliphatic heterocycles. The molecule has 0 saturated carbocycles. The van der Waals surface area contributed by atoms with Crippen molar-refractivity contribution in [3.63, 3.8) is 0 Å². The number of esters is 1. The zero-order chi connectivity index (χ0) is 17.1. The minimum atomic E-state index is -0.225. The topological polar surface area (TPSA) is 93.4 Å². The van der Waals surface area contributed by atoms with Crippen LogP contribution in [0.3, 0.4) is 0 Å². The summed E-state index contributed by atoms with van der Waals surface area (Å²) in [6.07, 6.45) is 2.77. The van der Waals surface area contributed by atoms with E-state index in [1.807, 2.05) is 25.3 Å². The number of aliphatic imine (C=N–C) groups is 1. The Hall–Kier alpha value is -1.39. The molecule has 0 atom stereocenters. The average molecular weight is 452 g/mol. The molecule has 0 spiro atoms. The molecule has 0 aliphatic rings. The van der Waals surface area contributed by atoms with Crippen molar-refractivity contribution >= 4 is 35.9 Å². The molecule has 9 heteroatoms. The fourth-order valence-electron chi connectivity index (χ4n) is 1.96. The van der Waals surface area contributed by atoms with Crippen LogP contribution in [0.15, 0.2) is 11.3 Å². The smallest absolute Gasteiger partial charge is 0.307 e. The molecule has 0 bridgehead atoms. The number of halogens is 1. The zero-order valence-corrected chi connectivity index (χ0v) is 17.2. The fourth-order valence-corrected chi connectivity index (χ4v) is 1.96. The van der Waals surface area contributed by atoms with Crippen molar-refractivity contribution in [1.29, 1.82) is 0 Å². The first-order valence-corrected chi connectivity index (χ1v) is 8.15. The van der Waals surface area contributed by atoms with Gasteiger partial charge in [0.05, 0.1) is 19.1 Å². The van der Waals surface area contributed by atoms with Gasteiger partial charge in [-0.25, -0.2) is 0 Å². The highest BCUT2D eigenvalue weighted by Crippen LogP contribution is 1.95. The van der Waals surface area contributed by atoms with Crippen LogP contribution in [0.5, 0.6) is 0 Å². The molecule has 24 heavy (non-hydrogen) atoms. The quantitative estimate of drug-likeness (QED) is 0.254. The highest BCUT2D eigenvalue weighted by atomic mass is 127. The van der Waals surface area contributed by atoms with Crippen molar-refractivity contribution in [1.82, 2.24) is 25.4 Å². The van der Waals surface area contributed by atoms with E-state index >= 15 is 0 Å². The Morgan fingerprint density at radius 2 is 2.12 bits per heavy atom. The molecule has 0 unspecified atom stereocenters. The minimum absolute atomic E-state index is 0. The van der Waals surface area contributed by atoms with Gasteiger partial charge < -0.3 is 19.9 Å². The third kappa shape index (κ3) is 9.04. The first-order chi connectivity index (χ1) is 11.1. The second-order valence-electron chi connectivity index (χ2n) is 5.27. The monoisotopic (exact) mass is 452 g/mol. The maximum Gasteiger partial charge on any atom is 0.307 e. The van der Waals surface area contributed by atoms with Crippen LogP contribution in [0.4, 0.5) is 0 Å². The molecule has 1 heterocycles. The fraction of sp³-hybridized carbons (Fsp3) is 0.733. The number of aromatic nitrogens is 3. The van der Waals surface area contributed by atoms with Crippen molar-refractivity contribution in [2.45, 2.75) is 53.2 Å². The van der Waals surface area contributed by atoms with Gasteiger partial charge in [0, 0.05) is 26.1 Å². The van der Waals surface area contributed by atoms with Crippen molar-refractivity contribution in [3.8, 4) is 0 Å². The van der Waals surface area contributed by atoms with E-state index in [9.17, 15) is 4.79 Å². The molecule has 0 fully saturated rings. The molecule has 2 N–H and O–H groups in total. The standard InChI is InChI=1S/C15H28N6O2.HI/c1-5-13-20-19-11-21(13)10-9-18-15(16-6-2)17-8-7-14(22)23-12(3)4;/h11-12H,5-10H2,1-4H3,(H2,16,17,18);1H. The molecular formula is C15H29IN6O2. The molecular weight excluding hydrogens is 423 g/mol. The van der Waals surface area contributed by atoms with Gasteiger partial charge in [0.15, 0.2) is 5.96 Å². The van der Waals surface area contributed by atoms with Crippen molar-refractivity contribution < 1.29 is 9.53 Å². The van der Waals surface area contributed by atoms with Crippen LogP contribution >= 0.6 is 24.0 Å². The molecule has 1 rings (SSSR count). The van der Waals surface area contributed by atoms with Gasteiger partial charge >= 0.3 is 5.97 Å². The minimum Gasteiger partial charge on any atom is -0.463 e. The Morgan fingerprint density at radius 3 is 2.75 bits per heavy atom. The first-order valence-electron chi connectivity index (χ1n) is 8.15. The number of hydrogen-bond donors (Lipinski definition) is 2. The molecule has 0 aliphatic carbocycles. The lowest BCUT2D eigenvalue weighted by atomic mass is 10.4. The molecule has 0 aromatic carbocycles. The van der Waals surface area contributed by atoms with Gasteiger partial charge in [0.2, 0.25) is 0 Å². The maximum absolute atomic E-state index is 11.5. The molecule has 1 aromatic rings. The molecule has 0 amide bonds. The van der Waals surface area contributed by atoms with Crippen molar-refractivity contribution in [3.05, 3.63) is 12.2 Å².